The van der Waals surface area contributed by atoms with Gasteiger partial charge in [0.25, 0.3) is 0 Å². The lowest BCUT2D eigenvalue weighted by Crippen LogP contribution is -2.26. The van der Waals surface area contributed by atoms with Gasteiger partial charge < -0.3 is 4.90 Å². The largest absolute Gasteiger partial charge is 0.372 e. The van der Waals surface area contributed by atoms with Gasteiger partial charge in [-0.3, -0.25) is 0 Å². The minimum absolute atomic E-state index is 0.385. The summed E-state index contributed by atoms with van der Waals surface area (Å²) >= 11 is 5.70. The van der Waals surface area contributed by atoms with E-state index in [1.807, 2.05) is 0 Å². The van der Waals surface area contributed by atoms with Gasteiger partial charge in [0, 0.05) is 20.0 Å². The summed E-state index contributed by atoms with van der Waals surface area (Å²) in [6.07, 6.45) is 9.20. The smallest absolute Gasteiger partial charge is 0.0849 e. The molecule has 0 radical (unpaired) electrons. The summed E-state index contributed by atoms with van der Waals surface area (Å²) in [6.45, 7) is 6.64. The Balaban J connectivity index is 2.68. The molecule has 0 aliphatic heterocycles. The van der Waals surface area contributed by atoms with Crippen molar-refractivity contribution in [3.63, 3.8) is 0 Å². The van der Waals surface area contributed by atoms with E-state index in [2.05, 4.69) is 58.0 Å². The molecule has 0 fully saturated rings. The van der Waals surface area contributed by atoms with Gasteiger partial charge in [0.2, 0.25) is 0 Å². The first-order chi connectivity index (χ1) is 10.5. The Morgan fingerprint density at radius 3 is 2.23 bits per heavy atom. The average molecular weight is 320 g/mol. The molecule has 2 heteroatoms. The van der Waals surface area contributed by atoms with E-state index in [4.69, 9.17) is 12.2 Å². The van der Waals surface area contributed by atoms with Crippen LogP contribution in [0.25, 0.3) is 0 Å². The van der Waals surface area contributed by atoms with Gasteiger partial charge in [-0.05, 0) is 37.0 Å². The highest BCUT2D eigenvalue weighted by Crippen LogP contribution is 2.27. The van der Waals surface area contributed by atoms with Crippen LogP contribution in [0.3, 0.4) is 0 Å². The highest BCUT2D eigenvalue weighted by molar-refractivity contribution is 7.80. The highest BCUT2D eigenvalue weighted by atomic mass is 32.1. The molecule has 1 unspecified atom stereocenters. The summed E-state index contributed by atoms with van der Waals surface area (Å²) in [6, 6.07) is 6.82. The first kappa shape index (κ1) is 19.2. The third-order valence-corrected chi connectivity index (χ3v) is 5.17. The van der Waals surface area contributed by atoms with Crippen LogP contribution in [0, 0.1) is 13.8 Å². The van der Waals surface area contributed by atoms with Gasteiger partial charge >= 0.3 is 0 Å². The Morgan fingerprint density at radius 1 is 1.00 bits per heavy atom. The van der Waals surface area contributed by atoms with E-state index in [0.717, 1.165) is 4.99 Å². The van der Waals surface area contributed by atoms with Crippen LogP contribution in [0.5, 0.6) is 0 Å². The standard InChI is InChI=1S/C20H33NS/c1-6-7-8-9-10-11-12-19(20(22)21(4)5)18-14-13-16(2)17(3)15-18/h13-15,19H,6-12H2,1-5H3. The number of benzene rings is 1. The number of thiocarbonyl (C=S) groups is 1. The maximum atomic E-state index is 5.70. The molecule has 0 amide bonds. The monoisotopic (exact) mass is 319 g/mol. The molecular weight excluding hydrogens is 286 g/mol. The molecule has 124 valence electrons. The fourth-order valence-electron chi connectivity index (χ4n) is 2.85. The van der Waals surface area contributed by atoms with E-state index in [1.54, 1.807) is 0 Å². The van der Waals surface area contributed by atoms with Crippen molar-refractivity contribution < 1.29 is 0 Å². The lowest BCUT2D eigenvalue weighted by atomic mass is 9.90. The molecule has 0 saturated heterocycles. The number of rotatable bonds is 9. The van der Waals surface area contributed by atoms with Crippen molar-refractivity contribution in [2.45, 2.75) is 71.6 Å². The van der Waals surface area contributed by atoms with E-state index >= 15 is 0 Å². The molecule has 0 aromatic heterocycles. The van der Waals surface area contributed by atoms with Crippen LogP contribution in [0.2, 0.25) is 0 Å². The van der Waals surface area contributed by atoms with Crippen LogP contribution in [-0.4, -0.2) is 24.0 Å². The van der Waals surface area contributed by atoms with Gasteiger partial charge in [-0.15, -0.1) is 0 Å². The van der Waals surface area contributed by atoms with Crippen LogP contribution in [0.1, 0.15) is 74.5 Å². The minimum atomic E-state index is 0.385. The van der Waals surface area contributed by atoms with Crippen molar-refractivity contribution in [3.8, 4) is 0 Å². The van der Waals surface area contributed by atoms with Crippen LogP contribution < -0.4 is 0 Å². The predicted octanol–water partition coefficient (Wildman–Crippen LogP) is 6.03. The zero-order valence-electron chi connectivity index (χ0n) is 15.1. The number of hydrogen-bond acceptors (Lipinski definition) is 1. The Labute approximate surface area is 143 Å². The highest BCUT2D eigenvalue weighted by Gasteiger charge is 2.18. The maximum Gasteiger partial charge on any atom is 0.0849 e. The van der Waals surface area contributed by atoms with Crippen molar-refractivity contribution in [2.75, 3.05) is 14.1 Å². The molecule has 1 rings (SSSR count). The Hall–Kier alpha value is -0.890. The third kappa shape index (κ3) is 6.08. The molecule has 1 nitrogen and oxygen atoms in total. The fourth-order valence-corrected chi connectivity index (χ4v) is 3.11. The van der Waals surface area contributed by atoms with Crippen LogP contribution in [-0.2, 0) is 0 Å². The Bertz CT molecular complexity index is 465. The molecule has 0 bridgehead atoms. The first-order valence-electron chi connectivity index (χ1n) is 8.75. The number of nitrogens with zero attached hydrogens (tertiary/aromatic N) is 1. The molecule has 0 heterocycles. The summed E-state index contributed by atoms with van der Waals surface area (Å²) < 4.78 is 0. The Kier molecular flexibility index (Phi) is 8.70. The van der Waals surface area contributed by atoms with E-state index in [-0.39, 0.29) is 0 Å². The van der Waals surface area contributed by atoms with Crippen molar-refractivity contribution in [1.29, 1.82) is 0 Å². The van der Waals surface area contributed by atoms with Crippen molar-refractivity contribution >= 4 is 17.2 Å². The SMILES string of the molecule is CCCCCCCCC(C(=S)N(C)C)c1ccc(C)c(C)c1. The van der Waals surface area contributed by atoms with Crippen LogP contribution in [0.15, 0.2) is 18.2 Å². The maximum absolute atomic E-state index is 5.70. The van der Waals surface area contributed by atoms with E-state index in [1.165, 1.54) is 61.6 Å². The number of unbranched alkanes of at least 4 members (excludes halogenated alkanes) is 5. The van der Waals surface area contributed by atoms with E-state index < -0.39 is 0 Å². The Morgan fingerprint density at radius 2 is 1.64 bits per heavy atom. The summed E-state index contributed by atoms with van der Waals surface area (Å²) in [5.74, 6) is 0.385. The van der Waals surface area contributed by atoms with Gasteiger partial charge in [0.15, 0.2) is 0 Å². The van der Waals surface area contributed by atoms with Gasteiger partial charge in [-0.2, -0.15) is 0 Å². The van der Waals surface area contributed by atoms with Crippen LogP contribution in [0.4, 0.5) is 0 Å². The van der Waals surface area contributed by atoms with Crippen molar-refractivity contribution in [3.05, 3.63) is 34.9 Å². The molecule has 0 saturated carbocycles. The molecule has 1 aromatic carbocycles. The second kappa shape index (κ2) is 9.99. The molecule has 0 aliphatic rings. The zero-order valence-corrected chi connectivity index (χ0v) is 15.9. The topological polar surface area (TPSA) is 3.24 Å². The van der Waals surface area contributed by atoms with Crippen molar-refractivity contribution in [1.82, 2.24) is 4.90 Å². The number of likely N-dealkylation sites (N-methyl/N-ethyl adjacent to an activating group) is 1. The molecule has 0 spiro atoms. The predicted molar refractivity (Wildman–Crippen MR) is 103 cm³/mol. The second-order valence-electron chi connectivity index (χ2n) is 6.69. The lowest BCUT2D eigenvalue weighted by Gasteiger charge is -2.24. The van der Waals surface area contributed by atoms with E-state index in [9.17, 15) is 0 Å². The summed E-state index contributed by atoms with van der Waals surface area (Å²) in [7, 11) is 4.13. The number of aryl methyl sites for hydroxylation is 2. The lowest BCUT2D eigenvalue weighted by molar-refractivity contribution is 0.550. The summed E-state index contributed by atoms with van der Waals surface area (Å²) in [5.41, 5.74) is 4.11. The molecular formula is C20H33NS. The molecule has 22 heavy (non-hydrogen) atoms. The quantitative estimate of drug-likeness (QED) is 0.404. The normalized spacial score (nSPS) is 12.2. The zero-order chi connectivity index (χ0) is 16.5. The van der Waals surface area contributed by atoms with Gasteiger partial charge in [-0.25, -0.2) is 0 Å². The molecule has 1 atom stereocenters. The van der Waals surface area contributed by atoms with Gasteiger partial charge in [0.1, 0.15) is 0 Å². The minimum Gasteiger partial charge on any atom is -0.372 e. The summed E-state index contributed by atoms with van der Waals surface area (Å²) in [5, 5.41) is 0. The average Bonchev–Trinajstić information content (AvgIpc) is 2.49. The number of hydrogen-bond donors (Lipinski definition) is 0. The van der Waals surface area contributed by atoms with Crippen LogP contribution >= 0.6 is 12.2 Å². The summed E-state index contributed by atoms with van der Waals surface area (Å²) in [4.78, 5) is 3.17. The molecule has 1 aromatic rings. The molecule has 0 N–H and O–H groups in total. The van der Waals surface area contributed by atoms with Crippen molar-refractivity contribution in [2.24, 2.45) is 0 Å². The van der Waals surface area contributed by atoms with Gasteiger partial charge in [-0.1, -0.05) is 75.9 Å². The fraction of sp³-hybridized carbons (Fsp3) is 0.650. The van der Waals surface area contributed by atoms with Gasteiger partial charge in [0.05, 0.1) is 4.99 Å². The second-order valence-corrected chi connectivity index (χ2v) is 7.10. The van der Waals surface area contributed by atoms with E-state index in [0.29, 0.717) is 5.92 Å². The first-order valence-corrected chi connectivity index (χ1v) is 9.16. The third-order valence-electron chi connectivity index (χ3n) is 4.52. The molecule has 0 aliphatic carbocycles.